The number of nitrogens with one attached hydrogen (secondary N) is 1. The number of anilines is 2. The number of nitrogen functional groups attached to an aromatic ring is 1. The van der Waals surface area contributed by atoms with Crippen LogP contribution in [0.5, 0.6) is 5.75 Å². The number of benzene rings is 2. The van der Waals surface area contributed by atoms with E-state index in [0.717, 1.165) is 11.1 Å². The van der Waals surface area contributed by atoms with Crippen molar-refractivity contribution in [2.24, 2.45) is 0 Å². The van der Waals surface area contributed by atoms with Crippen LogP contribution in [0, 0.1) is 13.8 Å². The predicted molar refractivity (Wildman–Crippen MR) is 81.3 cm³/mol. The molecule has 0 unspecified atom stereocenters. The van der Waals surface area contributed by atoms with E-state index in [0.29, 0.717) is 22.7 Å². The van der Waals surface area contributed by atoms with Crippen LogP contribution in [-0.4, -0.2) is 13.0 Å². The molecule has 0 atom stereocenters. The van der Waals surface area contributed by atoms with Crippen molar-refractivity contribution in [2.75, 3.05) is 18.2 Å². The highest BCUT2D eigenvalue weighted by molar-refractivity contribution is 6.06. The van der Waals surface area contributed by atoms with Gasteiger partial charge in [0.15, 0.2) is 0 Å². The first-order valence-corrected chi connectivity index (χ1v) is 6.33. The average molecular weight is 270 g/mol. The molecular formula is C16H18N2O2. The average Bonchev–Trinajstić information content (AvgIpc) is 2.40. The molecule has 0 aliphatic rings. The Morgan fingerprint density at radius 1 is 1.15 bits per heavy atom. The number of carbonyl (C=O) groups is 1. The van der Waals surface area contributed by atoms with Crippen molar-refractivity contribution in [2.45, 2.75) is 13.8 Å². The fraction of sp³-hybridized carbons (Fsp3) is 0.188. The van der Waals surface area contributed by atoms with E-state index < -0.39 is 0 Å². The van der Waals surface area contributed by atoms with Crippen molar-refractivity contribution in [1.29, 1.82) is 0 Å². The van der Waals surface area contributed by atoms with Crippen molar-refractivity contribution >= 4 is 17.3 Å². The zero-order chi connectivity index (χ0) is 14.7. The topological polar surface area (TPSA) is 64.3 Å². The van der Waals surface area contributed by atoms with Gasteiger partial charge in [-0.25, -0.2) is 0 Å². The van der Waals surface area contributed by atoms with Crippen molar-refractivity contribution in [3.05, 3.63) is 53.1 Å². The van der Waals surface area contributed by atoms with Crippen LogP contribution in [0.2, 0.25) is 0 Å². The van der Waals surface area contributed by atoms with Crippen LogP contribution in [-0.2, 0) is 0 Å². The van der Waals surface area contributed by atoms with Crippen LogP contribution in [0.25, 0.3) is 0 Å². The summed E-state index contributed by atoms with van der Waals surface area (Å²) in [4.78, 5) is 12.3. The second-order valence-electron chi connectivity index (χ2n) is 4.73. The smallest absolute Gasteiger partial charge is 0.256 e. The quantitative estimate of drug-likeness (QED) is 0.842. The van der Waals surface area contributed by atoms with Gasteiger partial charge in [-0.05, 0) is 37.6 Å². The van der Waals surface area contributed by atoms with Crippen LogP contribution in [0.3, 0.4) is 0 Å². The molecule has 2 aromatic rings. The molecule has 4 heteroatoms. The van der Waals surface area contributed by atoms with Crippen LogP contribution in [0.1, 0.15) is 21.5 Å². The first-order valence-electron chi connectivity index (χ1n) is 6.33. The number of amides is 1. The number of ether oxygens (including phenoxy) is 1. The second kappa shape index (κ2) is 5.65. The zero-order valence-electron chi connectivity index (χ0n) is 11.9. The number of rotatable bonds is 3. The lowest BCUT2D eigenvalue weighted by atomic mass is 10.1. The van der Waals surface area contributed by atoms with E-state index in [9.17, 15) is 4.79 Å². The number of aryl methyl sites for hydroxylation is 2. The fourth-order valence-corrected chi connectivity index (χ4v) is 2.07. The molecule has 0 aliphatic carbocycles. The molecule has 4 nitrogen and oxygen atoms in total. The van der Waals surface area contributed by atoms with Gasteiger partial charge in [0.2, 0.25) is 0 Å². The van der Waals surface area contributed by atoms with E-state index in [2.05, 4.69) is 5.32 Å². The molecule has 2 aromatic carbocycles. The van der Waals surface area contributed by atoms with Gasteiger partial charge in [0.05, 0.1) is 12.8 Å². The summed E-state index contributed by atoms with van der Waals surface area (Å²) in [5.74, 6) is 0.383. The Balaban J connectivity index is 2.28. The van der Waals surface area contributed by atoms with Gasteiger partial charge in [0.25, 0.3) is 5.91 Å². The largest absolute Gasteiger partial charge is 0.494 e. The summed E-state index contributed by atoms with van der Waals surface area (Å²) in [6, 6.07) is 10.9. The first kappa shape index (κ1) is 13.9. The summed E-state index contributed by atoms with van der Waals surface area (Å²) < 4.78 is 5.22. The summed E-state index contributed by atoms with van der Waals surface area (Å²) in [6.45, 7) is 3.92. The first-order chi connectivity index (χ1) is 9.51. The van der Waals surface area contributed by atoms with E-state index in [1.807, 2.05) is 32.0 Å². The highest BCUT2D eigenvalue weighted by Crippen LogP contribution is 2.27. The van der Waals surface area contributed by atoms with Gasteiger partial charge in [-0.2, -0.15) is 0 Å². The third-order valence-corrected chi connectivity index (χ3v) is 3.10. The van der Waals surface area contributed by atoms with Crippen molar-refractivity contribution in [3.8, 4) is 5.75 Å². The Bertz CT molecular complexity index is 651. The van der Waals surface area contributed by atoms with Gasteiger partial charge >= 0.3 is 0 Å². The molecule has 0 saturated carbocycles. The van der Waals surface area contributed by atoms with Crippen molar-refractivity contribution in [1.82, 2.24) is 0 Å². The minimum atomic E-state index is -0.162. The lowest BCUT2D eigenvalue weighted by Crippen LogP contribution is -2.14. The highest BCUT2D eigenvalue weighted by Gasteiger charge is 2.12. The maximum atomic E-state index is 12.3. The minimum Gasteiger partial charge on any atom is -0.494 e. The molecule has 20 heavy (non-hydrogen) atoms. The van der Waals surface area contributed by atoms with Crippen molar-refractivity contribution in [3.63, 3.8) is 0 Å². The maximum absolute atomic E-state index is 12.3. The third kappa shape index (κ3) is 2.91. The molecule has 0 radical (unpaired) electrons. The summed E-state index contributed by atoms with van der Waals surface area (Å²) in [6.07, 6.45) is 0. The summed E-state index contributed by atoms with van der Waals surface area (Å²) in [5.41, 5.74) is 9.60. The normalized spacial score (nSPS) is 10.2. The van der Waals surface area contributed by atoms with E-state index in [-0.39, 0.29) is 5.91 Å². The molecule has 0 heterocycles. The van der Waals surface area contributed by atoms with Gasteiger partial charge in [0.1, 0.15) is 5.75 Å². The molecule has 3 N–H and O–H groups in total. The number of hydrogen-bond donors (Lipinski definition) is 2. The highest BCUT2D eigenvalue weighted by atomic mass is 16.5. The van der Waals surface area contributed by atoms with E-state index in [1.165, 1.54) is 0 Å². The molecule has 0 bridgehead atoms. The lowest BCUT2D eigenvalue weighted by molar-refractivity contribution is 0.102. The number of carbonyl (C=O) groups excluding carboxylic acids is 1. The Labute approximate surface area is 118 Å². The monoisotopic (exact) mass is 270 g/mol. The molecular weight excluding hydrogens is 252 g/mol. The van der Waals surface area contributed by atoms with Gasteiger partial charge in [-0.15, -0.1) is 0 Å². The van der Waals surface area contributed by atoms with E-state index in [4.69, 9.17) is 10.5 Å². The Kier molecular flexibility index (Phi) is 3.94. The lowest BCUT2D eigenvalue weighted by Gasteiger charge is -2.12. The molecule has 0 spiro atoms. The zero-order valence-corrected chi connectivity index (χ0v) is 11.9. The van der Waals surface area contributed by atoms with Gasteiger partial charge in [-0.1, -0.05) is 17.7 Å². The Hall–Kier alpha value is -2.49. The Morgan fingerprint density at radius 3 is 2.55 bits per heavy atom. The summed E-state index contributed by atoms with van der Waals surface area (Å²) in [5, 5.41) is 2.85. The summed E-state index contributed by atoms with van der Waals surface area (Å²) in [7, 11) is 1.54. The minimum absolute atomic E-state index is 0.162. The molecule has 0 fully saturated rings. The van der Waals surface area contributed by atoms with Crippen LogP contribution >= 0.6 is 0 Å². The van der Waals surface area contributed by atoms with E-state index in [1.54, 1.807) is 25.3 Å². The second-order valence-corrected chi connectivity index (χ2v) is 4.73. The summed E-state index contributed by atoms with van der Waals surface area (Å²) >= 11 is 0. The molecule has 104 valence electrons. The van der Waals surface area contributed by atoms with E-state index >= 15 is 0 Å². The molecule has 0 saturated heterocycles. The van der Waals surface area contributed by atoms with Gasteiger partial charge < -0.3 is 15.8 Å². The molecule has 0 aliphatic heterocycles. The van der Waals surface area contributed by atoms with Crippen LogP contribution in [0.4, 0.5) is 11.4 Å². The van der Waals surface area contributed by atoms with Gasteiger partial charge in [-0.3, -0.25) is 4.79 Å². The Morgan fingerprint density at radius 2 is 1.90 bits per heavy atom. The standard InChI is InChI=1S/C16H18N2O2/c1-10-4-6-13(11(2)8-10)16(19)18-14-7-5-12(17)9-15(14)20-3/h4-9H,17H2,1-3H3,(H,18,19). The molecule has 0 aromatic heterocycles. The fourth-order valence-electron chi connectivity index (χ4n) is 2.07. The predicted octanol–water partition coefficient (Wildman–Crippen LogP) is 3.15. The van der Waals surface area contributed by atoms with Crippen LogP contribution in [0.15, 0.2) is 36.4 Å². The SMILES string of the molecule is COc1cc(N)ccc1NC(=O)c1ccc(C)cc1C. The van der Waals surface area contributed by atoms with Gasteiger partial charge in [0, 0.05) is 17.3 Å². The third-order valence-electron chi connectivity index (χ3n) is 3.10. The number of hydrogen-bond acceptors (Lipinski definition) is 3. The van der Waals surface area contributed by atoms with Crippen molar-refractivity contribution < 1.29 is 9.53 Å². The number of nitrogens with two attached hydrogens (primary N) is 1. The maximum Gasteiger partial charge on any atom is 0.256 e. The van der Waals surface area contributed by atoms with Crippen LogP contribution < -0.4 is 15.8 Å². The molecule has 2 rings (SSSR count). The number of methoxy groups -OCH3 is 1. The molecule has 1 amide bonds.